The van der Waals surface area contributed by atoms with Crippen LogP contribution in [0.2, 0.25) is 0 Å². The molecule has 21 heavy (non-hydrogen) atoms. The van der Waals surface area contributed by atoms with E-state index in [-0.39, 0.29) is 19.6 Å². The van der Waals surface area contributed by atoms with E-state index in [0.717, 1.165) is 6.20 Å². The molecule has 3 N–H and O–H groups in total. The number of halogens is 3. The molecule has 1 aromatic heterocycles. The fraction of sp³-hybridized carbons (Fsp3) is 0.545. The average molecular weight is 309 g/mol. The Morgan fingerprint density at radius 2 is 2.24 bits per heavy atom. The van der Waals surface area contributed by atoms with Gasteiger partial charge in [-0.05, 0) is 13.3 Å². The minimum Gasteiger partial charge on any atom is -0.479 e. The van der Waals surface area contributed by atoms with E-state index in [4.69, 9.17) is 9.84 Å². The largest absolute Gasteiger partial charge is 0.479 e. The fourth-order valence-electron chi connectivity index (χ4n) is 1.44. The highest BCUT2D eigenvalue weighted by atomic mass is 19.4. The lowest BCUT2D eigenvalue weighted by atomic mass is 10.2. The number of aromatic nitrogens is 2. The molecule has 0 bridgehead atoms. The van der Waals surface area contributed by atoms with Crippen LogP contribution in [-0.4, -0.2) is 40.5 Å². The summed E-state index contributed by atoms with van der Waals surface area (Å²) >= 11 is 0. The molecule has 118 valence electrons. The molecule has 0 amide bonds. The van der Waals surface area contributed by atoms with Crippen LogP contribution in [-0.2, 0) is 15.7 Å². The number of carboxylic acids is 1. The Morgan fingerprint density at radius 3 is 2.81 bits per heavy atom. The maximum atomic E-state index is 12.7. The van der Waals surface area contributed by atoms with Crippen LogP contribution < -0.4 is 10.9 Å². The summed E-state index contributed by atoms with van der Waals surface area (Å²) in [5.41, 5.74) is -3.11. The van der Waals surface area contributed by atoms with Crippen molar-refractivity contribution in [2.24, 2.45) is 0 Å². The second-order valence-corrected chi connectivity index (χ2v) is 4.12. The van der Waals surface area contributed by atoms with Crippen molar-refractivity contribution in [2.45, 2.75) is 25.6 Å². The van der Waals surface area contributed by atoms with Gasteiger partial charge in [-0.1, -0.05) is 0 Å². The molecule has 0 saturated heterocycles. The Labute approximate surface area is 117 Å². The molecular formula is C11H14F3N3O4. The Hall–Kier alpha value is -2.10. The van der Waals surface area contributed by atoms with Crippen LogP contribution in [0, 0.1) is 0 Å². The number of aliphatic carboxylic acids is 1. The van der Waals surface area contributed by atoms with E-state index in [9.17, 15) is 22.8 Å². The first kappa shape index (κ1) is 17.0. The lowest BCUT2D eigenvalue weighted by Crippen LogP contribution is -2.25. The van der Waals surface area contributed by atoms with Gasteiger partial charge in [-0.3, -0.25) is 4.79 Å². The summed E-state index contributed by atoms with van der Waals surface area (Å²) in [7, 11) is 0. The summed E-state index contributed by atoms with van der Waals surface area (Å²) in [5, 5.41) is 16.0. The minimum atomic E-state index is -4.80. The molecule has 0 aromatic carbocycles. The number of carboxylic acid groups (broad SMARTS) is 1. The number of aromatic amines is 1. The molecule has 10 heteroatoms. The molecule has 1 aromatic rings. The van der Waals surface area contributed by atoms with E-state index < -0.39 is 35.1 Å². The Bertz CT molecular complexity index is 544. The van der Waals surface area contributed by atoms with Gasteiger partial charge >= 0.3 is 12.1 Å². The number of ether oxygens (including phenoxy) is 1. The van der Waals surface area contributed by atoms with Gasteiger partial charge in [0.2, 0.25) is 0 Å². The molecule has 0 aliphatic carbocycles. The fourth-order valence-corrected chi connectivity index (χ4v) is 1.44. The summed E-state index contributed by atoms with van der Waals surface area (Å²) in [5.74, 6) is -1.12. The lowest BCUT2D eigenvalue weighted by Gasteiger charge is -2.13. The van der Waals surface area contributed by atoms with E-state index in [0.29, 0.717) is 0 Å². The third-order valence-electron chi connectivity index (χ3n) is 2.49. The van der Waals surface area contributed by atoms with Crippen molar-refractivity contribution in [1.82, 2.24) is 10.2 Å². The molecule has 0 aliphatic rings. The maximum Gasteiger partial charge on any atom is 0.423 e. The lowest BCUT2D eigenvalue weighted by molar-refractivity contribution is -0.149. The molecule has 7 nitrogen and oxygen atoms in total. The third-order valence-corrected chi connectivity index (χ3v) is 2.49. The molecule has 1 atom stereocenters. The van der Waals surface area contributed by atoms with Gasteiger partial charge in [0, 0.05) is 13.2 Å². The minimum absolute atomic E-state index is 0.0540. The Balaban J connectivity index is 2.55. The Morgan fingerprint density at radius 1 is 1.57 bits per heavy atom. The molecule has 0 spiro atoms. The molecule has 0 radical (unpaired) electrons. The predicted octanol–water partition coefficient (Wildman–Crippen LogP) is 1.08. The number of carbonyl (C=O) groups is 1. The number of rotatable bonds is 7. The van der Waals surface area contributed by atoms with Gasteiger partial charge in [0.1, 0.15) is 5.56 Å². The molecule has 0 fully saturated rings. The highest BCUT2D eigenvalue weighted by Gasteiger charge is 2.37. The summed E-state index contributed by atoms with van der Waals surface area (Å²) in [6.45, 7) is 1.47. The van der Waals surface area contributed by atoms with Crippen LogP contribution in [0.1, 0.15) is 18.9 Å². The summed E-state index contributed by atoms with van der Waals surface area (Å²) in [6, 6.07) is 0. The van der Waals surface area contributed by atoms with Crippen LogP contribution in [0.25, 0.3) is 0 Å². The van der Waals surface area contributed by atoms with Crippen LogP contribution in [0.5, 0.6) is 0 Å². The number of alkyl halides is 3. The standard InChI is InChI=1S/C11H14F3N3O4/c1-6(10(19)20)21-4-2-3-15-7-5-16-17-9(18)8(7)11(12,13)14/h5-6H,2-4H2,1H3,(H,19,20)(H2,15,17,18). The summed E-state index contributed by atoms with van der Waals surface area (Å²) < 4.78 is 43.0. The zero-order valence-electron chi connectivity index (χ0n) is 11.0. The van der Waals surface area contributed by atoms with Crippen molar-refractivity contribution in [3.63, 3.8) is 0 Å². The number of hydrogen-bond acceptors (Lipinski definition) is 5. The van der Waals surface area contributed by atoms with Gasteiger partial charge in [-0.2, -0.15) is 18.3 Å². The van der Waals surface area contributed by atoms with Gasteiger partial charge in [0.25, 0.3) is 5.56 Å². The van der Waals surface area contributed by atoms with Gasteiger partial charge in [0.15, 0.2) is 6.10 Å². The number of anilines is 1. The SMILES string of the molecule is CC(OCCCNc1cn[nH]c(=O)c1C(F)(F)F)C(=O)O. The second-order valence-electron chi connectivity index (χ2n) is 4.12. The highest BCUT2D eigenvalue weighted by Crippen LogP contribution is 2.31. The predicted molar refractivity (Wildman–Crippen MR) is 66.0 cm³/mol. The van der Waals surface area contributed by atoms with Crippen LogP contribution in [0.4, 0.5) is 18.9 Å². The molecule has 1 heterocycles. The first-order valence-corrected chi connectivity index (χ1v) is 5.96. The zero-order valence-corrected chi connectivity index (χ0v) is 11.0. The van der Waals surface area contributed by atoms with E-state index >= 15 is 0 Å². The normalized spacial score (nSPS) is 13.0. The Kier molecular flexibility index (Phi) is 5.70. The first-order chi connectivity index (χ1) is 9.73. The van der Waals surface area contributed by atoms with E-state index in [1.807, 2.05) is 0 Å². The second kappa shape index (κ2) is 7.07. The van der Waals surface area contributed by atoms with Crippen molar-refractivity contribution >= 4 is 11.7 Å². The van der Waals surface area contributed by atoms with Gasteiger partial charge in [-0.25, -0.2) is 9.89 Å². The van der Waals surface area contributed by atoms with Crippen molar-refractivity contribution in [3.05, 3.63) is 22.1 Å². The van der Waals surface area contributed by atoms with Crippen molar-refractivity contribution in [3.8, 4) is 0 Å². The van der Waals surface area contributed by atoms with Crippen LogP contribution in [0.3, 0.4) is 0 Å². The summed E-state index contributed by atoms with van der Waals surface area (Å²) in [4.78, 5) is 21.6. The topological polar surface area (TPSA) is 104 Å². The summed E-state index contributed by atoms with van der Waals surface area (Å²) in [6.07, 6.45) is -4.66. The van der Waals surface area contributed by atoms with E-state index in [1.165, 1.54) is 6.92 Å². The van der Waals surface area contributed by atoms with Crippen LogP contribution >= 0.6 is 0 Å². The number of nitrogens with zero attached hydrogens (tertiary/aromatic N) is 1. The average Bonchev–Trinajstić information content (AvgIpc) is 2.36. The monoisotopic (exact) mass is 309 g/mol. The van der Waals surface area contributed by atoms with Gasteiger partial charge in [0.05, 0.1) is 11.9 Å². The maximum absolute atomic E-state index is 12.7. The molecule has 0 saturated carbocycles. The van der Waals surface area contributed by atoms with Crippen LogP contribution in [0.15, 0.2) is 11.0 Å². The number of H-pyrrole nitrogens is 1. The van der Waals surface area contributed by atoms with Gasteiger partial charge < -0.3 is 15.2 Å². The van der Waals surface area contributed by atoms with Crippen molar-refractivity contribution < 1.29 is 27.8 Å². The molecular weight excluding hydrogens is 295 g/mol. The van der Waals surface area contributed by atoms with E-state index in [1.54, 1.807) is 5.10 Å². The molecule has 1 unspecified atom stereocenters. The highest BCUT2D eigenvalue weighted by molar-refractivity contribution is 5.71. The quantitative estimate of drug-likeness (QED) is 0.651. The molecule has 1 rings (SSSR count). The van der Waals surface area contributed by atoms with Crippen molar-refractivity contribution in [2.75, 3.05) is 18.5 Å². The number of nitrogens with one attached hydrogen (secondary N) is 2. The third kappa shape index (κ3) is 5.06. The zero-order chi connectivity index (χ0) is 16.0. The number of hydrogen-bond donors (Lipinski definition) is 3. The first-order valence-electron chi connectivity index (χ1n) is 5.96. The smallest absolute Gasteiger partial charge is 0.423 e. The van der Waals surface area contributed by atoms with E-state index in [2.05, 4.69) is 10.4 Å². The van der Waals surface area contributed by atoms with Gasteiger partial charge in [-0.15, -0.1) is 0 Å². The molecule has 0 aliphatic heterocycles. The van der Waals surface area contributed by atoms with Crippen molar-refractivity contribution in [1.29, 1.82) is 0 Å².